The van der Waals surface area contributed by atoms with Gasteiger partial charge in [-0.2, -0.15) is 0 Å². The van der Waals surface area contributed by atoms with Crippen LogP contribution in [0.2, 0.25) is 0 Å². The summed E-state index contributed by atoms with van der Waals surface area (Å²) in [4.78, 5) is 12.7. The molecule has 0 N–H and O–H groups in total. The van der Waals surface area contributed by atoms with E-state index in [1.54, 1.807) is 0 Å². The molecule has 16 heavy (non-hydrogen) atoms. The molecule has 1 heteroatoms. The van der Waals surface area contributed by atoms with Gasteiger partial charge in [0.25, 0.3) is 0 Å². The zero-order valence-corrected chi connectivity index (χ0v) is 11.3. The highest BCUT2D eigenvalue weighted by atomic mass is 16.1. The highest BCUT2D eigenvalue weighted by molar-refractivity contribution is 5.93. The Morgan fingerprint density at radius 3 is 2.31 bits per heavy atom. The molecule has 0 saturated heterocycles. The minimum absolute atomic E-state index is 0.0722. The number of ketones is 1. The quantitative estimate of drug-likeness (QED) is 0.607. The van der Waals surface area contributed by atoms with Gasteiger partial charge in [-0.25, -0.2) is 0 Å². The van der Waals surface area contributed by atoms with E-state index in [2.05, 4.69) is 34.6 Å². The van der Waals surface area contributed by atoms with Gasteiger partial charge in [-0.1, -0.05) is 38.3 Å². The number of carbonyl (C=O) groups is 1. The van der Waals surface area contributed by atoms with E-state index in [4.69, 9.17) is 0 Å². The molecule has 0 radical (unpaired) electrons. The molecule has 1 saturated carbocycles. The minimum atomic E-state index is -0.0780. The van der Waals surface area contributed by atoms with Crippen LogP contribution < -0.4 is 0 Å². The summed E-state index contributed by atoms with van der Waals surface area (Å²) < 4.78 is 0. The Hall–Kier alpha value is -0.590. The molecule has 2 aliphatic carbocycles. The summed E-state index contributed by atoms with van der Waals surface area (Å²) in [5.41, 5.74) is 2.76. The fraction of sp³-hybridized carbons (Fsp3) is 0.800. The monoisotopic (exact) mass is 220 g/mol. The van der Waals surface area contributed by atoms with Crippen molar-refractivity contribution in [1.29, 1.82) is 0 Å². The molecule has 0 heterocycles. The largest absolute Gasteiger partial charge is 0.298 e. The zero-order valence-electron chi connectivity index (χ0n) is 11.3. The average Bonchev–Trinajstić information content (AvgIpc) is 2.36. The summed E-state index contributed by atoms with van der Waals surface area (Å²) in [5.74, 6) is 1.12. The van der Waals surface area contributed by atoms with Crippen molar-refractivity contribution in [2.75, 3.05) is 0 Å². The van der Waals surface area contributed by atoms with Gasteiger partial charge in [0.05, 0.1) is 0 Å². The predicted molar refractivity (Wildman–Crippen MR) is 67.2 cm³/mol. The van der Waals surface area contributed by atoms with Crippen LogP contribution in [0.5, 0.6) is 0 Å². The Morgan fingerprint density at radius 2 is 1.75 bits per heavy atom. The maximum absolute atomic E-state index is 12.7. The van der Waals surface area contributed by atoms with Gasteiger partial charge in [-0.15, -0.1) is 0 Å². The van der Waals surface area contributed by atoms with Gasteiger partial charge in [0.1, 0.15) is 5.78 Å². The molecule has 90 valence electrons. The highest BCUT2D eigenvalue weighted by Gasteiger charge is 2.57. The van der Waals surface area contributed by atoms with E-state index in [-0.39, 0.29) is 10.8 Å². The first kappa shape index (κ1) is 11.9. The van der Waals surface area contributed by atoms with Crippen LogP contribution in [-0.4, -0.2) is 5.78 Å². The summed E-state index contributed by atoms with van der Waals surface area (Å²) in [5, 5.41) is 0. The lowest BCUT2D eigenvalue weighted by molar-refractivity contribution is -0.132. The first-order valence-electron chi connectivity index (χ1n) is 6.53. The van der Waals surface area contributed by atoms with Crippen molar-refractivity contribution in [3.05, 3.63) is 11.1 Å². The van der Waals surface area contributed by atoms with Gasteiger partial charge in [0.2, 0.25) is 0 Å². The van der Waals surface area contributed by atoms with Crippen LogP contribution in [0.1, 0.15) is 60.3 Å². The van der Waals surface area contributed by atoms with E-state index in [0.29, 0.717) is 11.7 Å². The number of fused-ring (bicyclic) bond motifs is 2. The van der Waals surface area contributed by atoms with Crippen LogP contribution >= 0.6 is 0 Å². The normalized spacial score (nSPS) is 43.8. The molecule has 2 aliphatic rings. The Bertz CT molecular complexity index is 366. The van der Waals surface area contributed by atoms with E-state index in [1.165, 1.54) is 11.1 Å². The van der Waals surface area contributed by atoms with Crippen LogP contribution in [0, 0.1) is 16.7 Å². The van der Waals surface area contributed by atoms with Crippen molar-refractivity contribution in [3.8, 4) is 0 Å². The SMILES string of the molecule is CC[C@H]1C[C@]2(C)CC(C)=C(C)C[C@@]1(C)C2=O. The van der Waals surface area contributed by atoms with Gasteiger partial charge >= 0.3 is 0 Å². The second-order valence-corrected chi connectivity index (χ2v) is 6.53. The van der Waals surface area contributed by atoms with Gasteiger partial charge < -0.3 is 0 Å². The standard InChI is InChI=1S/C15H24O/c1-6-12-9-14(4)7-10(2)11(3)8-15(12,5)13(14)16/h12H,6-9H2,1-5H3/t12-,14-,15+/m0/s1. The summed E-state index contributed by atoms with van der Waals surface area (Å²) in [7, 11) is 0. The third kappa shape index (κ3) is 1.40. The maximum Gasteiger partial charge on any atom is 0.145 e. The third-order valence-corrected chi connectivity index (χ3v) is 5.17. The van der Waals surface area contributed by atoms with Gasteiger partial charge in [0.15, 0.2) is 0 Å². The molecule has 0 amide bonds. The molecule has 0 aromatic rings. The van der Waals surface area contributed by atoms with Crippen LogP contribution in [0.3, 0.4) is 0 Å². The van der Waals surface area contributed by atoms with Crippen molar-refractivity contribution in [1.82, 2.24) is 0 Å². The molecule has 0 aromatic carbocycles. The Kier molecular flexibility index (Phi) is 2.56. The number of carbonyl (C=O) groups excluding carboxylic acids is 1. The summed E-state index contributed by atoms with van der Waals surface area (Å²) in [6.07, 6.45) is 4.23. The second-order valence-electron chi connectivity index (χ2n) is 6.53. The Morgan fingerprint density at radius 1 is 1.19 bits per heavy atom. The summed E-state index contributed by atoms with van der Waals surface area (Å²) in [6, 6.07) is 0. The topological polar surface area (TPSA) is 17.1 Å². The number of hydrogen-bond acceptors (Lipinski definition) is 1. The molecule has 0 aromatic heterocycles. The molecule has 1 nitrogen and oxygen atoms in total. The van der Waals surface area contributed by atoms with Crippen LogP contribution in [0.15, 0.2) is 11.1 Å². The van der Waals surface area contributed by atoms with Crippen molar-refractivity contribution in [3.63, 3.8) is 0 Å². The van der Waals surface area contributed by atoms with Gasteiger partial charge in [-0.05, 0) is 39.0 Å². The average molecular weight is 220 g/mol. The molecule has 0 spiro atoms. The van der Waals surface area contributed by atoms with Crippen molar-refractivity contribution in [2.24, 2.45) is 16.7 Å². The number of Topliss-reactive ketones (excluding diaryl/α,β-unsaturated/α-hetero) is 1. The fourth-order valence-corrected chi connectivity index (χ4v) is 4.15. The van der Waals surface area contributed by atoms with Crippen LogP contribution in [-0.2, 0) is 4.79 Å². The molecule has 1 fully saturated rings. The van der Waals surface area contributed by atoms with E-state index >= 15 is 0 Å². The number of allylic oxidation sites excluding steroid dienone is 2. The van der Waals surface area contributed by atoms with Crippen LogP contribution in [0.4, 0.5) is 0 Å². The highest BCUT2D eigenvalue weighted by Crippen LogP contribution is 2.58. The molecule has 0 unspecified atom stereocenters. The minimum Gasteiger partial charge on any atom is -0.298 e. The number of hydrogen-bond donors (Lipinski definition) is 0. The third-order valence-electron chi connectivity index (χ3n) is 5.17. The smallest absolute Gasteiger partial charge is 0.145 e. The van der Waals surface area contributed by atoms with E-state index in [0.717, 1.165) is 25.7 Å². The maximum atomic E-state index is 12.7. The predicted octanol–water partition coefficient (Wildman–Crippen LogP) is 4.13. The lowest BCUT2D eigenvalue weighted by Crippen LogP contribution is -2.32. The van der Waals surface area contributed by atoms with Crippen molar-refractivity contribution >= 4 is 5.78 Å². The van der Waals surface area contributed by atoms with E-state index in [1.807, 2.05) is 0 Å². The van der Waals surface area contributed by atoms with Gasteiger partial charge in [-0.3, -0.25) is 4.79 Å². The van der Waals surface area contributed by atoms with Crippen molar-refractivity contribution < 1.29 is 4.79 Å². The zero-order chi connectivity index (χ0) is 12.1. The Balaban J connectivity index is 2.51. The first-order chi connectivity index (χ1) is 7.33. The lowest BCUT2D eigenvalue weighted by Gasteiger charge is -2.29. The van der Waals surface area contributed by atoms with Crippen molar-refractivity contribution in [2.45, 2.75) is 60.3 Å². The fourth-order valence-electron chi connectivity index (χ4n) is 4.15. The lowest BCUT2D eigenvalue weighted by atomic mass is 9.73. The molecule has 3 atom stereocenters. The van der Waals surface area contributed by atoms with E-state index in [9.17, 15) is 4.79 Å². The molecule has 0 aliphatic heterocycles. The summed E-state index contributed by atoms with van der Waals surface area (Å²) >= 11 is 0. The molecular formula is C15H24O. The first-order valence-corrected chi connectivity index (χ1v) is 6.53. The van der Waals surface area contributed by atoms with Crippen LogP contribution in [0.25, 0.3) is 0 Å². The van der Waals surface area contributed by atoms with E-state index < -0.39 is 0 Å². The number of rotatable bonds is 1. The second kappa shape index (κ2) is 3.45. The molecule has 2 rings (SSSR count). The Labute approximate surface area is 99.3 Å². The molecular weight excluding hydrogens is 196 g/mol. The summed E-state index contributed by atoms with van der Waals surface area (Å²) in [6.45, 7) is 11.0. The molecule has 2 bridgehead atoms. The van der Waals surface area contributed by atoms with Gasteiger partial charge in [0, 0.05) is 10.8 Å².